The summed E-state index contributed by atoms with van der Waals surface area (Å²) in [4.78, 5) is 29.9. The minimum atomic E-state index is -0.616. The highest BCUT2D eigenvalue weighted by Gasteiger charge is 2.52. The summed E-state index contributed by atoms with van der Waals surface area (Å²) in [6, 6.07) is 20.5. The topological polar surface area (TPSA) is 77.5 Å². The van der Waals surface area contributed by atoms with Crippen LogP contribution in [0, 0.1) is 6.92 Å². The summed E-state index contributed by atoms with van der Waals surface area (Å²) in [5.41, 5.74) is 6.74. The van der Waals surface area contributed by atoms with Gasteiger partial charge >= 0.3 is 19.2 Å². The first-order valence-corrected chi connectivity index (χ1v) is 14.9. The number of nitrogens with zero attached hydrogens (tertiary/aromatic N) is 2. The van der Waals surface area contributed by atoms with E-state index in [0.717, 1.165) is 16.7 Å². The van der Waals surface area contributed by atoms with Crippen LogP contribution in [0.5, 0.6) is 0 Å². The fourth-order valence-electron chi connectivity index (χ4n) is 6.30. The van der Waals surface area contributed by atoms with Crippen LogP contribution in [0.2, 0.25) is 0 Å². The summed E-state index contributed by atoms with van der Waals surface area (Å²) >= 11 is 0. The second-order valence-corrected chi connectivity index (χ2v) is 12.6. The molecule has 0 saturated carbocycles. The van der Waals surface area contributed by atoms with Crippen LogP contribution in [0.15, 0.2) is 60.7 Å². The summed E-state index contributed by atoms with van der Waals surface area (Å²) in [6.07, 6.45) is -0.306. The van der Waals surface area contributed by atoms with Gasteiger partial charge in [0.1, 0.15) is 6.61 Å². The highest BCUT2D eigenvalue weighted by molar-refractivity contribution is 6.62. The van der Waals surface area contributed by atoms with Crippen molar-refractivity contribution in [3.63, 3.8) is 0 Å². The molecule has 9 heteroatoms. The lowest BCUT2D eigenvalue weighted by molar-refractivity contribution is 0.00578. The third-order valence-corrected chi connectivity index (χ3v) is 9.55. The largest absolute Gasteiger partial charge is 0.494 e. The number of esters is 1. The fourth-order valence-corrected chi connectivity index (χ4v) is 6.30. The van der Waals surface area contributed by atoms with E-state index in [4.69, 9.17) is 18.8 Å². The molecule has 2 saturated heterocycles. The Kier molecular flexibility index (Phi) is 7.51. The van der Waals surface area contributed by atoms with Crippen LogP contribution in [0.4, 0.5) is 10.5 Å². The molecular weight excluding hydrogens is 543 g/mol. The molecule has 43 heavy (non-hydrogen) atoms. The molecule has 6 rings (SSSR count). The zero-order chi connectivity index (χ0) is 30.5. The van der Waals surface area contributed by atoms with Crippen molar-refractivity contribution in [3.8, 4) is 11.1 Å². The lowest BCUT2D eigenvalue weighted by Crippen LogP contribution is -2.49. The zero-order valence-corrected chi connectivity index (χ0v) is 25.8. The number of carbonyl (C=O) groups excluding carboxylic acids is 2. The average molecular weight is 583 g/mol. The molecule has 3 aromatic carbocycles. The van der Waals surface area contributed by atoms with Crippen molar-refractivity contribution in [3.05, 3.63) is 82.9 Å². The van der Waals surface area contributed by atoms with Crippen molar-refractivity contribution in [2.75, 3.05) is 44.8 Å². The predicted molar refractivity (Wildman–Crippen MR) is 167 cm³/mol. The van der Waals surface area contributed by atoms with Gasteiger partial charge in [-0.2, -0.15) is 0 Å². The second kappa shape index (κ2) is 11.0. The minimum Gasteiger partial charge on any atom is -0.465 e. The van der Waals surface area contributed by atoms with Crippen LogP contribution in [-0.2, 0) is 18.8 Å². The number of benzene rings is 3. The molecule has 1 amide bonds. The highest BCUT2D eigenvalue weighted by Crippen LogP contribution is 2.44. The van der Waals surface area contributed by atoms with Crippen LogP contribution in [0.1, 0.15) is 60.7 Å². The molecule has 2 aliphatic heterocycles. The number of amides is 1. The van der Waals surface area contributed by atoms with E-state index in [9.17, 15) is 9.59 Å². The quantitative estimate of drug-likeness (QED) is 0.304. The summed E-state index contributed by atoms with van der Waals surface area (Å²) < 4.78 is 23.6. The Labute approximate surface area is 254 Å². The Morgan fingerprint density at radius 3 is 2.00 bits per heavy atom. The molecule has 224 valence electrons. The number of hydrogen-bond acceptors (Lipinski definition) is 7. The van der Waals surface area contributed by atoms with Gasteiger partial charge in [-0.05, 0) is 80.0 Å². The van der Waals surface area contributed by atoms with Crippen molar-refractivity contribution in [2.24, 2.45) is 0 Å². The third-order valence-electron chi connectivity index (χ3n) is 9.55. The maximum absolute atomic E-state index is 13.2. The fraction of sp³-hybridized carbons (Fsp3) is 0.412. The first-order chi connectivity index (χ1) is 20.5. The predicted octanol–water partition coefficient (Wildman–Crippen LogP) is 5.15. The van der Waals surface area contributed by atoms with Crippen molar-refractivity contribution in [2.45, 2.75) is 51.7 Å². The van der Waals surface area contributed by atoms with E-state index in [0.29, 0.717) is 38.3 Å². The molecule has 3 aliphatic rings. The van der Waals surface area contributed by atoms with Gasteiger partial charge in [-0.15, -0.1) is 0 Å². The summed E-state index contributed by atoms with van der Waals surface area (Å²) in [7, 11) is 0.769. The minimum absolute atomic E-state index is 0.0229. The molecule has 0 atom stereocenters. The van der Waals surface area contributed by atoms with E-state index in [1.54, 1.807) is 11.0 Å². The van der Waals surface area contributed by atoms with Gasteiger partial charge in [0.2, 0.25) is 0 Å². The van der Waals surface area contributed by atoms with Gasteiger partial charge in [-0.25, -0.2) is 9.59 Å². The second-order valence-electron chi connectivity index (χ2n) is 12.6. The molecule has 1 aliphatic carbocycles. The molecule has 0 bridgehead atoms. The molecule has 0 unspecified atom stereocenters. The summed E-state index contributed by atoms with van der Waals surface area (Å²) in [5.74, 6) is -0.385. The number of rotatable bonds is 5. The molecule has 0 spiro atoms. The Bertz CT molecular complexity index is 1500. The molecule has 3 aromatic rings. The first kappa shape index (κ1) is 29.3. The molecule has 0 N–H and O–H groups in total. The number of fused-ring (bicyclic) bond motifs is 3. The van der Waals surface area contributed by atoms with Gasteiger partial charge < -0.3 is 28.6 Å². The van der Waals surface area contributed by atoms with Gasteiger partial charge in [-0.3, -0.25) is 0 Å². The van der Waals surface area contributed by atoms with Gasteiger partial charge in [0.05, 0.1) is 23.9 Å². The normalized spacial score (nSPS) is 18.8. The van der Waals surface area contributed by atoms with Crippen LogP contribution < -0.4 is 10.4 Å². The van der Waals surface area contributed by atoms with Gasteiger partial charge in [0, 0.05) is 37.8 Å². The molecule has 0 aromatic heterocycles. The lowest BCUT2D eigenvalue weighted by atomic mass is 9.77. The van der Waals surface area contributed by atoms with Gasteiger partial charge in [0.15, 0.2) is 0 Å². The van der Waals surface area contributed by atoms with Crippen molar-refractivity contribution < 1.29 is 28.4 Å². The molecule has 2 fully saturated rings. The van der Waals surface area contributed by atoms with Crippen LogP contribution in [-0.4, -0.2) is 75.2 Å². The Morgan fingerprint density at radius 1 is 0.884 bits per heavy atom. The molecule has 2 heterocycles. The van der Waals surface area contributed by atoms with Gasteiger partial charge in [-0.1, -0.05) is 48.5 Å². The standard InChI is InChI=1S/C34H39BN2O6/c1-22-28(31(38)40-6)19-23(35-42-33(2,3)34(4,5)43-35)20-30(22)36-15-17-37(18-16-36)32(39)41-21-29-26-13-9-7-11-24(26)25-12-8-10-14-27(25)29/h7-14,19-20,29H,15-18,21H2,1-6H3. The highest BCUT2D eigenvalue weighted by atomic mass is 16.7. The first-order valence-electron chi connectivity index (χ1n) is 14.9. The van der Waals surface area contributed by atoms with E-state index in [1.165, 1.54) is 29.4 Å². The number of methoxy groups -OCH3 is 1. The van der Waals surface area contributed by atoms with Crippen molar-refractivity contribution in [1.29, 1.82) is 0 Å². The number of anilines is 1. The monoisotopic (exact) mass is 582 g/mol. The number of ether oxygens (including phenoxy) is 2. The van der Waals surface area contributed by atoms with Gasteiger partial charge in [0.25, 0.3) is 0 Å². The van der Waals surface area contributed by atoms with E-state index in [-0.39, 0.29) is 12.0 Å². The molecule has 0 radical (unpaired) electrons. The number of hydrogen-bond donors (Lipinski definition) is 0. The summed E-state index contributed by atoms with van der Waals surface area (Å²) in [5, 5.41) is 0. The van der Waals surface area contributed by atoms with E-state index in [2.05, 4.69) is 29.2 Å². The number of carbonyl (C=O) groups is 2. The smallest absolute Gasteiger partial charge is 0.465 e. The Hall–Kier alpha value is -3.82. The van der Waals surface area contributed by atoms with E-state index in [1.807, 2.05) is 65.0 Å². The van der Waals surface area contributed by atoms with Crippen LogP contribution in [0.25, 0.3) is 11.1 Å². The van der Waals surface area contributed by atoms with Crippen LogP contribution in [0.3, 0.4) is 0 Å². The Morgan fingerprint density at radius 2 is 1.44 bits per heavy atom. The maximum Gasteiger partial charge on any atom is 0.494 e. The van der Waals surface area contributed by atoms with E-state index >= 15 is 0 Å². The maximum atomic E-state index is 13.2. The molecule has 8 nitrogen and oxygen atoms in total. The SMILES string of the molecule is COC(=O)c1cc(B2OC(C)(C)C(C)(C)O2)cc(N2CCN(C(=O)OCC3c4ccccc4-c4ccccc43)CC2)c1C. The Balaban J connectivity index is 1.15. The zero-order valence-electron chi connectivity index (χ0n) is 25.8. The lowest BCUT2D eigenvalue weighted by Gasteiger charge is -2.37. The van der Waals surface area contributed by atoms with Crippen molar-refractivity contribution >= 4 is 30.3 Å². The van der Waals surface area contributed by atoms with Crippen LogP contribution >= 0.6 is 0 Å². The average Bonchev–Trinajstić information content (AvgIpc) is 3.44. The summed E-state index contributed by atoms with van der Waals surface area (Å²) in [6.45, 7) is 12.4. The van der Waals surface area contributed by atoms with E-state index < -0.39 is 24.3 Å². The third kappa shape index (κ3) is 5.19. The van der Waals surface area contributed by atoms with Crippen molar-refractivity contribution in [1.82, 2.24) is 4.90 Å². The molecular formula is C34H39BN2O6. The number of piperazine rings is 1.